The summed E-state index contributed by atoms with van der Waals surface area (Å²) in [5.74, 6) is -3.95. The molecule has 6 amide bonds. The lowest BCUT2D eigenvalue weighted by molar-refractivity contribution is -0.126. The molecule has 2 heterocycles. The SMILES string of the molecule is O=C1NC(=O)C(=C2C(=O)NN(c3ccccc3)C2=O)C(=O)N1. The number of urea groups is 1. The van der Waals surface area contributed by atoms with Gasteiger partial charge in [0.15, 0.2) is 0 Å². The van der Waals surface area contributed by atoms with Gasteiger partial charge in [-0.25, -0.2) is 9.80 Å². The van der Waals surface area contributed by atoms with Crippen LogP contribution in [0.4, 0.5) is 10.5 Å². The molecule has 9 heteroatoms. The molecule has 2 saturated heterocycles. The molecular formula is C13H8N4O5. The zero-order valence-electron chi connectivity index (χ0n) is 10.9. The third-order valence-electron chi connectivity index (χ3n) is 3.03. The molecule has 3 rings (SSSR count). The van der Waals surface area contributed by atoms with Crippen LogP contribution in [0.3, 0.4) is 0 Å². The lowest BCUT2D eigenvalue weighted by atomic mass is 10.0. The summed E-state index contributed by atoms with van der Waals surface area (Å²) in [5, 5.41) is 4.55. The molecule has 0 spiro atoms. The molecule has 1 aromatic carbocycles. The summed E-state index contributed by atoms with van der Waals surface area (Å²) in [6.45, 7) is 0. The van der Waals surface area contributed by atoms with Crippen molar-refractivity contribution in [3.63, 3.8) is 0 Å². The molecular weight excluding hydrogens is 292 g/mol. The highest BCUT2D eigenvalue weighted by Crippen LogP contribution is 2.22. The van der Waals surface area contributed by atoms with Crippen LogP contribution in [0.25, 0.3) is 0 Å². The minimum absolute atomic E-state index is 0.365. The lowest BCUT2D eigenvalue weighted by Crippen LogP contribution is -2.52. The Morgan fingerprint density at radius 2 is 1.32 bits per heavy atom. The van der Waals surface area contributed by atoms with E-state index in [2.05, 4.69) is 5.43 Å². The van der Waals surface area contributed by atoms with Crippen LogP contribution in [0.1, 0.15) is 0 Å². The van der Waals surface area contributed by atoms with Crippen molar-refractivity contribution in [2.45, 2.75) is 0 Å². The molecule has 0 radical (unpaired) electrons. The molecule has 0 atom stereocenters. The zero-order valence-corrected chi connectivity index (χ0v) is 10.9. The van der Waals surface area contributed by atoms with Gasteiger partial charge >= 0.3 is 6.03 Å². The number of hydrogen-bond donors (Lipinski definition) is 3. The smallest absolute Gasteiger partial charge is 0.273 e. The topological polar surface area (TPSA) is 125 Å². The van der Waals surface area contributed by atoms with Crippen LogP contribution in [0.5, 0.6) is 0 Å². The number of amides is 6. The van der Waals surface area contributed by atoms with E-state index in [1.54, 1.807) is 30.3 Å². The Balaban J connectivity index is 2.05. The molecule has 0 unspecified atom stereocenters. The summed E-state index contributed by atoms with van der Waals surface area (Å²) < 4.78 is 0. The normalized spacial score (nSPS) is 18.4. The first-order valence-corrected chi connectivity index (χ1v) is 6.10. The number of nitrogens with one attached hydrogen (secondary N) is 3. The molecule has 3 N–H and O–H groups in total. The fourth-order valence-corrected chi connectivity index (χ4v) is 2.09. The predicted molar refractivity (Wildman–Crippen MR) is 70.8 cm³/mol. The van der Waals surface area contributed by atoms with E-state index in [1.807, 2.05) is 10.6 Å². The number of rotatable bonds is 1. The number of carbonyl (C=O) groups excluding carboxylic acids is 5. The number of anilines is 1. The van der Waals surface area contributed by atoms with Gasteiger partial charge < -0.3 is 0 Å². The van der Waals surface area contributed by atoms with Gasteiger partial charge in [0.2, 0.25) is 0 Å². The standard InChI is InChI=1S/C13H8N4O5/c18-9-7(10(19)15-13(22)14-9)8-11(20)16-17(12(8)21)6-4-2-1-3-5-6/h1-5H,(H,16,20)(H2,14,15,18,19,22). The second kappa shape index (κ2) is 4.81. The first-order chi connectivity index (χ1) is 10.5. The number of hydrazine groups is 1. The number of nitrogens with zero attached hydrogens (tertiary/aromatic N) is 1. The largest absolute Gasteiger partial charge is 0.328 e. The Morgan fingerprint density at radius 3 is 1.91 bits per heavy atom. The molecule has 0 bridgehead atoms. The zero-order chi connectivity index (χ0) is 15.9. The Labute approximate surface area is 122 Å². The molecule has 22 heavy (non-hydrogen) atoms. The summed E-state index contributed by atoms with van der Waals surface area (Å²) in [6, 6.07) is 7.15. The molecule has 2 aliphatic heterocycles. The van der Waals surface area contributed by atoms with Crippen LogP contribution >= 0.6 is 0 Å². The monoisotopic (exact) mass is 300 g/mol. The van der Waals surface area contributed by atoms with Crippen molar-refractivity contribution in [1.29, 1.82) is 0 Å². The highest BCUT2D eigenvalue weighted by Gasteiger charge is 2.43. The second-order valence-corrected chi connectivity index (χ2v) is 4.40. The fraction of sp³-hybridized carbons (Fsp3) is 0. The van der Waals surface area contributed by atoms with Gasteiger partial charge in [0, 0.05) is 0 Å². The first-order valence-electron chi connectivity index (χ1n) is 6.10. The van der Waals surface area contributed by atoms with E-state index in [0.29, 0.717) is 5.69 Å². The number of benzene rings is 1. The quantitative estimate of drug-likeness (QED) is 0.440. The van der Waals surface area contributed by atoms with Crippen LogP contribution < -0.4 is 21.1 Å². The van der Waals surface area contributed by atoms with Crippen molar-refractivity contribution in [2.75, 3.05) is 5.01 Å². The third-order valence-corrected chi connectivity index (χ3v) is 3.03. The predicted octanol–water partition coefficient (Wildman–Crippen LogP) is -1.27. The summed E-state index contributed by atoms with van der Waals surface area (Å²) in [5.41, 5.74) is 1.31. The number of barbiturate groups is 1. The van der Waals surface area contributed by atoms with Gasteiger partial charge in [-0.3, -0.25) is 35.2 Å². The highest BCUT2D eigenvalue weighted by atomic mass is 16.2. The average Bonchev–Trinajstić information content (AvgIpc) is 2.75. The maximum Gasteiger partial charge on any atom is 0.328 e. The average molecular weight is 300 g/mol. The van der Waals surface area contributed by atoms with Crippen LogP contribution in [-0.4, -0.2) is 29.7 Å². The van der Waals surface area contributed by atoms with E-state index >= 15 is 0 Å². The minimum Gasteiger partial charge on any atom is -0.273 e. The third kappa shape index (κ3) is 2.00. The fourth-order valence-electron chi connectivity index (χ4n) is 2.09. The van der Waals surface area contributed by atoms with Crippen molar-refractivity contribution < 1.29 is 24.0 Å². The second-order valence-electron chi connectivity index (χ2n) is 4.40. The summed E-state index contributed by atoms with van der Waals surface area (Å²) in [6.07, 6.45) is 0. The summed E-state index contributed by atoms with van der Waals surface area (Å²) in [7, 11) is 0. The molecule has 2 aliphatic rings. The molecule has 2 fully saturated rings. The lowest BCUT2D eigenvalue weighted by Gasteiger charge is -2.15. The first kappa shape index (κ1) is 13.5. The van der Waals surface area contributed by atoms with Crippen molar-refractivity contribution in [1.82, 2.24) is 16.1 Å². The van der Waals surface area contributed by atoms with E-state index in [0.717, 1.165) is 5.01 Å². The van der Waals surface area contributed by atoms with Crippen LogP contribution in [0, 0.1) is 0 Å². The maximum absolute atomic E-state index is 12.3. The van der Waals surface area contributed by atoms with Crippen molar-refractivity contribution >= 4 is 35.3 Å². The number of para-hydroxylation sites is 1. The number of hydrogen-bond acceptors (Lipinski definition) is 5. The minimum atomic E-state index is -1.10. The van der Waals surface area contributed by atoms with E-state index in [1.165, 1.54) is 0 Å². The van der Waals surface area contributed by atoms with E-state index in [4.69, 9.17) is 0 Å². The molecule has 0 aliphatic carbocycles. The summed E-state index contributed by atoms with van der Waals surface area (Å²) in [4.78, 5) is 58.8. The Bertz CT molecular complexity index is 746. The number of carbonyl (C=O) groups is 5. The van der Waals surface area contributed by atoms with Gasteiger partial charge in [-0.05, 0) is 12.1 Å². The molecule has 0 saturated carbocycles. The van der Waals surface area contributed by atoms with E-state index in [-0.39, 0.29) is 0 Å². The van der Waals surface area contributed by atoms with E-state index < -0.39 is 40.8 Å². The Hall–Kier alpha value is -3.49. The highest BCUT2D eigenvalue weighted by molar-refractivity contribution is 6.40. The molecule has 1 aromatic rings. The van der Waals surface area contributed by atoms with Crippen molar-refractivity contribution in [2.24, 2.45) is 0 Å². The van der Waals surface area contributed by atoms with Crippen LogP contribution in [-0.2, 0) is 19.2 Å². The molecule has 110 valence electrons. The van der Waals surface area contributed by atoms with Gasteiger partial charge in [-0.1, -0.05) is 18.2 Å². The van der Waals surface area contributed by atoms with Crippen molar-refractivity contribution in [3.05, 3.63) is 41.5 Å². The molecule has 0 aromatic heterocycles. The van der Waals surface area contributed by atoms with Gasteiger partial charge in [-0.2, -0.15) is 0 Å². The van der Waals surface area contributed by atoms with Crippen LogP contribution in [0.2, 0.25) is 0 Å². The van der Waals surface area contributed by atoms with Gasteiger partial charge in [0.05, 0.1) is 5.69 Å². The van der Waals surface area contributed by atoms with Gasteiger partial charge in [0.25, 0.3) is 23.6 Å². The summed E-state index contributed by atoms with van der Waals surface area (Å²) >= 11 is 0. The maximum atomic E-state index is 12.3. The van der Waals surface area contributed by atoms with Gasteiger partial charge in [0.1, 0.15) is 11.1 Å². The Morgan fingerprint density at radius 1 is 0.727 bits per heavy atom. The van der Waals surface area contributed by atoms with Crippen LogP contribution in [0.15, 0.2) is 41.5 Å². The Kier molecular flexibility index (Phi) is 2.95. The number of imide groups is 2. The molecule has 9 nitrogen and oxygen atoms in total. The van der Waals surface area contributed by atoms with Gasteiger partial charge in [-0.15, -0.1) is 0 Å². The van der Waals surface area contributed by atoms with E-state index in [9.17, 15) is 24.0 Å². The van der Waals surface area contributed by atoms with Crippen molar-refractivity contribution in [3.8, 4) is 0 Å².